The van der Waals surface area contributed by atoms with Crippen molar-refractivity contribution in [3.63, 3.8) is 0 Å². The summed E-state index contributed by atoms with van der Waals surface area (Å²) in [6.07, 6.45) is 0. The first-order chi connectivity index (χ1) is 12.5. The summed E-state index contributed by atoms with van der Waals surface area (Å²) in [6.45, 7) is 3.96. The second-order valence-electron chi connectivity index (χ2n) is 6.26. The minimum absolute atomic E-state index is 0.0924. The number of amides is 2. The average Bonchev–Trinajstić information content (AvgIpc) is 2.65. The maximum atomic E-state index is 12.0. The minimum atomic E-state index is -0.838. The maximum Gasteiger partial charge on any atom is 0.314 e. The Labute approximate surface area is 152 Å². The quantitative estimate of drug-likeness (QED) is 0.577. The molecule has 0 aromatic heterocycles. The van der Waals surface area contributed by atoms with E-state index in [0.29, 0.717) is 5.69 Å². The highest BCUT2D eigenvalue weighted by Gasteiger charge is 2.17. The number of phenols is 1. The summed E-state index contributed by atoms with van der Waals surface area (Å²) < 4.78 is 0. The Bertz CT molecular complexity index is 784. The van der Waals surface area contributed by atoms with Crippen LogP contribution >= 0.6 is 0 Å². The van der Waals surface area contributed by atoms with Crippen molar-refractivity contribution in [1.82, 2.24) is 4.90 Å². The monoisotopic (exact) mass is 354 g/mol. The van der Waals surface area contributed by atoms with Crippen LogP contribution in [0.5, 0.6) is 5.75 Å². The normalized spacial score (nSPS) is 14.7. The topological polar surface area (TPSA) is 84.9 Å². The van der Waals surface area contributed by atoms with Crippen LogP contribution in [-0.2, 0) is 9.59 Å². The summed E-state index contributed by atoms with van der Waals surface area (Å²) in [5.74, 6) is -1.72. The van der Waals surface area contributed by atoms with Gasteiger partial charge in [-0.25, -0.2) is 0 Å². The van der Waals surface area contributed by atoms with Crippen LogP contribution in [0.1, 0.15) is 0 Å². The van der Waals surface area contributed by atoms with Gasteiger partial charge in [-0.2, -0.15) is 0 Å². The van der Waals surface area contributed by atoms with E-state index in [1.54, 1.807) is 24.3 Å². The number of benzene rings is 2. The molecule has 0 aliphatic carbocycles. The number of para-hydroxylation sites is 2. The number of aromatic hydroxyl groups is 1. The predicted molar refractivity (Wildman–Crippen MR) is 102 cm³/mol. The van der Waals surface area contributed by atoms with Gasteiger partial charge in [0.2, 0.25) is 0 Å². The lowest BCUT2D eigenvalue weighted by Crippen LogP contribution is -2.44. The van der Waals surface area contributed by atoms with E-state index in [-0.39, 0.29) is 11.4 Å². The van der Waals surface area contributed by atoms with Crippen LogP contribution in [0.2, 0.25) is 0 Å². The molecule has 2 amide bonds. The van der Waals surface area contributed by atoms with Crippen LogP contribution in [0.15, 0.2) is 48.5 Å². The van der Waals surface area contributed by atoms with Crippen LogP contribution in [0.4, 0.5) is 17.1 Å². The van der Waals surface area contributed by atoms with Gasteiger partial charge in [0.25, 0.3) is 0 Å². The number of piperazine rings is 1. The molecule has 3 N–H and O–H groups in total. The number of nitrogens with zero attached hydrogens (tertiary/aromatic N) is 2. The molecule has 1 aliphatic rings. The van der Waals surface area contributed by atoms with Gasteiger partial charge in [-0.05, 0) is 43.4 Å². The number of hydrogen-bond donors (Lipinski definition) is 3. The summed E-state index contributed by atoms with van der Waals surface area (Å²) in [4.78, 5) is 28.6. The molecule has 0 unspecified atom stereocenters. The molecule has 0 radical (unpaired) electrons. The Morgan fingerprint density at radius 3 is 2.15 bits per heavy atom. The molecule has 1 saturated heterocycles. The van der Waals surface area contributed by atoms with E-state index in [9.17, 15) is 14.7 Å². The molecule has 0 saturated carbocycles. The zero-order chi connectivity index (χ0) is 18.5. The fraction of sp³-hybridized carbons (Fsp3) is 0.263. The number of likely N-dealkylation sites (N-methyl/N-ethyl adjacent to an activating group) is 1. The maximum absolute atomic E-state index is 12.0. The number of phenolic OH excluding ortho intramolecular Hbond substituents is 1. The second-order valence-corrected chi connectivity index (χ2v) is 6.26. The Morgan fingerprint density at radius 1 is 0.885 bits per heavy atom. The molecule has 2 aromatic carbocycles. The Balaban J connectivity index is 1.57. The van der Waals surface area contributed by atoms with Gasteiger partial charge in [-0.1, -0.05) is 12.1 Å². The lowest BCUT2D eigenvalue weighted by molar-refractivity contribution is -0.133. The Morgan fingerprint density at radius 2 is 1.50 bits per heavy atom. The van der Waals surface area contributed by atoms with Crippen molar-refractivity contribution in [2.75, 3.05) is 48.8 Å². The first-order valence-electron chi connectivity index (χ1n) is 8.47. The van der Waals surface area contributed by atoms with E-state index in [1.807, 2.05) is 12.1 Å². The molecule has 7 heteroatoms. The highest BCUT2D eigenvalue weighted by atomic mass is 16.3. The molecule has 1 fully saturated rings. The molecule has 2 aromatic rings. The zero-order valence-corrected chi connectivity index (χ0v) is 14.6. The van der Waals surface area contributed by atoms with Crippen LogP contribution in [0.25, 0.3) is 0 Å². The van der Waals surface area contributed by atoms with Gasteiger partial charge < -0.3 is 25.5 Å². The van der Waals surface area contributed by atoms with Gasteiger partial charge in [0.05, 0.1) is 5.69 Å². The first-order valence-corrected chi connectivity index (χ1v) is 8.47. The molecule has 7 nitrogen and oxygen atoms in total. The van der Waals surface area contributed by atoms with E-state index in [2.05, 4.69) is 27.5 Å². The summed E-state index contributed by atoms with van der Waals surface area (Å²) in [6, 6.07) is 13.7. The van der Waals surface area contributed by atoms with E-state index >= 15 is 0 Å². The van der Waals surface area contributed by atoms with Gasteiger partial charge in [-0.3, -0.25) is 9.59 Å². The summed E-state index contributed by atoms with van der Waals surface area (Å²) in [7, 11) is 2.11. The van der Waals surface area contributed by atoms with Gasteiger partial charge >= 0.3 is 11.8 Å². The Hall–Kier alpha value is -3.06. The lowest BCUT2D eigenvalue weighted by Gasteiger charge is -2.34. The SMILES string of the molecule is CN1CCN(c2ccc(NC(=O)C(=O)Nc3ccccc3O)cc2)CC1. The molecule has 1 aliphatic heterocycles. The Kier molecular flexibility index (Phi) is 5.38. The van der Waals surface area contributed by atoms with E-state index in [4.69, 9.17) is 0 Å². The number of carbonyl (C=O) groups excluding carboxylic acids is 2. The van der Waals surface area contributed by atoms with Gasteiger partial charge in [0.1, 0.15) is 5.75 Å². The summed E-state index contributed by atoms with van der Waals surface area (Å²) in [5.41, 5.74) is 1.83. The number of anilines is 3. The van der Waals surface area contributed by atoms with Crippen LogP contribution < -0.4 is 15.5 Å². The highest BCUT2D eigenvalue weighted by molar-refractivity contribution is 6.43. The third kappa shape index (κ3) is 4.31. The number of hydrogen-bond acceptors (Lipinski definition) is 5. The number of carbonyl (C=O) groups is 2. The minimum Gasteiger partial charge on any atom is -0.506 e. The van der Waals surface area contributed by atoms with Crippen molar-refractivity contribution in [3.05, 3.63) is 48.5 Å². The molecule has 0 bridgehead atoms. The first kappa shape index (κ1) is 17.8. The zero-order valence-electron chi connectivity index (χ0n) is 14.6. The lowest BCUT2D eigenvalue weighted by atomic mass is 10.2. The van der Waals surface area contributed by atoms with Crippen molar-refractivity contribution < 1.29 is 14.7 Å². The fourth-order valence-electron chi connectivity index (χ4n) is 2.77. The van der Waals surface area contributed by atoms with Crippen LogP contribution in [0.3, 0.4) is 0 Å². The average molecular weight is 354 g/mol. The molecule has 136 valence electrons. The summed E-state index contributed by atoms with van der Waals surface area (Å²) in [5, 5.41) is 14.6. The van der Waals surface area contributed by atoms with Crippen molar-refractivity contribution in [2.45, 2.75) is 0 Å². The number of nitrogens with one attached hydrogen (secondary N) is 2. The van der Waals surface area contributed by atoms with E-state index in [0.717, 1.165) is 31.9 Å². The molecule has 0 spiro atoms. The second kappa shape index (κ2) is 7.88. The third-order valence-electron chi connectivity index (χ3n) is 4.35. The third-order valence-corrected chi connectivity index (χ3v) is 4.35. The van der Waals surface area contributed by atoms with Crippen LogP contribution in [0, 0.1) is 0 Å². The smallest absolute Gasteiger partial charge is 0.314 e. The van der Waals surface area contributed by atoms with E-state index in [1.165, 1.54) is 12.1 Å². The molecule has 1 heterocycles. The predicted octanol–water partition coefficient (Wildman–Crippen LogP) is 1.72. The molecule has 3 rings (SSSR count). The van der Waals surface area contributed by atoms with Gasteiger partial charge in [0.15, 0.2) is 0 Å². The molecule has 26 heavy (non-hydrogen) atoms. The summed E-state index contributed by atoms with van der Waals surface area (Å²) >= 11 is 0. The fourth-order valence-corrected chi connectivity index (χ4v) is 2.77. The molecular formula is C19H22N4O3. The van der Waals surface area contributed by atoms with Crippen molar-refractivity contribution in [2.24, 2.45) is 0 Å². The van der Waals surface area contributed by atoms with Crippen molar-refractivity contribution >= 4 is 28.9 Å². The molecular weight excluding hydrogens is 332 g/mol. The van der Waals surface area contributed by atoms with Gasteiger partial charge in [0, 0.05) is 37.6 Å². The van der Waals surface area contributed by atoms with E-state index < -0.39 is 11.8 Å². The molecule has 0 atom stereocenters. The van der Waals surface area contributed by atoms with Crippen molar-refractivity contribution in [1.29, 1.82) is 0 Å². The standard InChI is InChI=1S/C19H22N4O3/c1-22-10-12-23(13-11-22)15-8-6-14(7-9-15)20-18(25)19(26)21-16-4-2-3-5-17(16)24/h2-9,24H,10-13H2,1H3,(H,20,25)(H,21,26). The van der Waals surface area contributed by atoms with Crippen LogP contribution in [-0.4, -0.2) is 55.0 Å². The van der Waals surface area contributed by atoms with Gasteiger partial charge in [-0.15, -0.1) is 0 Å². The highest BCUT2D eigenvalue weighted by Crippen LogP contribution is 2.22. The number of rotatable bonds is 3. The largest absolute Gasteiger partial charge is 0.506 e. The van der Waals surface area contributed by atoms with Crippen molar-refractivity contribution in [3.8, 4) is 5.75 Å².